The highest BCUT2D eigenvalue weighted by molar-refractivity contribution is 9.40. The average Bonchev–Trinajstić information content (AvgIpc) is 2.15. The van der Waals surface area contributed by atoms with Crippen LogP contribution < -0.4 is 0 Å². The smallest absolute Gasteiger partial charge is 0.335 e. The zero-order valence-corrected chi connectivity index (χ0v) is 12.0. The van der Waals surface area contributed by atoms with E-state index in [1.165, 1.54) is 18.2 Å². The predicted molar refractivity (Wildman–Crippen MR) is 67.2 cm³/mol. The highest BCUT2D eigenvalue weighted by Crippen LogP contribution is 2.36. The van der Waals surface area contributed by atoms with E-state index < -0.39 is 8.11 Å². The largest absolute Gasteiger partial charge is 0.478 e. The van der Waals surface area contributed by atoms with Crippen molar-refractivity contribution in [3.63, 3.8) is 0 Å². The zero-order valence-electron chi connectivity index (χ0n) is 7.21. The van der Waals surface area contributed by atoms with Crippen LogP contribution in [0.2, 0.25) is 0 Å². The summed E-state index contributed by atoms with van der Waals surface area (Å²) in [6.07, 6.45) is 0. The molecular weight excluding hydrogens is 396 g/mol. The van der Waals surface area contributed by atoms with Gasteiger partial charge >= 0.3 is 5.97 Å². The fourth-order valence-corrected chi connectivity index (χ4v) is 1.64. The molecule has 0 saturated carbocycles. The third-order valence-corrected chi connectivity index (χ3v) is 2.71. The van der Waals surface area contributed by atoms with Crippen molar-refractivity contribution in [2.24, 2.45) is 0 Å². The Morgan fingerprint density at radius 2 is 1.67 bits per heavy atom. The second kappa shape index (κ2) is 4.76. The van der Waals surface area contributed by atoms with Gasteiger partial charge in [-0.1, -0.05) is 59.9 Å². The molecule has 1 aromatic carbocycles. The number of carbonyl (C=O) groups is 2. The predicted octanol–water partition coefficient (Wildman–Crippen LogP) is 3.41. The number of carboxylic acids is 1. The summed E-state index contributed by atoms with van der Waals surface area (Å²) >= 11 is 9.24. The van der Waals surface area contributed by atoms with E-state index in [4.69, 9.17) is 5.11 Å². The molecule has 6 heteroatoms. The van der Waals surface area contributed by atoms with Crippen LogP contribution in [0.4, 0.5) is 0 Å². The lowest BCUT2D eigenvalue weighted by Gasteiger charge is -2.10. The second-order valence-electron chi connectivity index (χ2n) is 2.71. The van der Waals surface area contributed by atoms with Crippen molar-refractivity contribution in [2.75, 3.05) is 0 Å². The number of Topliss-reactive ketones (excluding diaryl/α,β-unsaturated/α-hetero) is 1. The molecular formula is C9H5Br3O3. The van der Waals surface area contributed by atoms with E-state index in [2.05, 4.69) is 47.8 Å². The van der Waals surface area contributed by atoms with Gasteiger partial charge in [-0.15, -0.1) is 0 Å². The summed E-state index contributed by atoms with van der Waals surface area (Å²) in [5.41, 5.74) is 0.387. The third kappa shape index (κ3) is 3.39. The van der Waals surface area contributed by atoms with Crippen molar-refractivity contribution < 1.29 is 14.7 Å². The molecule has 80 valence electrons. The maximum atomic E-state index is 11.7. The molecule has 0 radical (unpaired) electrons. The number of rotatable bonds is 2. The van der Waals surface area contributed by atoms with Gasteiger partial charge in [0.1, 0.15) is 0 Å². The fourth-order valence-electron chi connectivity index (χ4n) is 0.957. The highest BCUT2D eigenvalue weighted by Gasteiger charge is 2.29. The van der Waals surface area contributed by atoms with Gasteiger partial charge in [-0.3, -0.25) is 4.79 Å². The molecule has 0 unspecified atom stereocenters. The molecule has 0 heterocycles. The first-order chi connectivity index (χ1) is 6.82. The first kappa shape index (κ1) is 12.9. The Morgan fingerprint density at radius 1 is 1.13 bits per heavy atom. The van der Waals surface area contributed by atoms with Gasteiger partial charge in [0.25, 0.3) is 0 Å². The fraction of sp³-hybridized carbons (Fsp3) is 0.111. The maximum absolute atomic E-state index is 11.7. The minimum atomic E-state index is -1.06. The van der Waals surface area contributed by atoms with Crippen LogP contribution in [0.25, 0.3) is 0 Å². The number of hydrogen-bond donors (Lipinski definition) is 1. The molecule has 15 heavy (non-hydrogen) atoms. The Hall–Kier alpha value is -0.200. The Morgan fingerprint density at radius 3 is 2.13 bits per heavy atom. The number of carbonyl (C=O) groups excluding carboxylic acids is 1. The monoisotopic (exact) mass is 398 g/mol. The van der Waals surface area contributed by atoms with Crippen LogP contribution >= 0.6 is 47.8 Å². The Balaban J connectivity index is 3.12. The number of ketones is 1. The number of carboxylic acid groups (broad SMARTS) is 1. The molecule has 0 aromatic heterocycles. The van der Waals surface area contributed by atoms with Crippen LogP contribution in [0.15, 0.2) is 24.3 Å². The van der Waals surface area contributed by atoms with Crippen molar-refractivity contribution in [1.29, 1.82) is 0 Å². The molecule has 0 aliphatic carbocycles. The van der Waals surface area contributed by atoms with Crippen molar-refractivity contribution in [3.05, 3.63) is 35.4 Å². The molecule has 0 fully saturated rings. The molecule has 0 aliphatic heterocycles. The van der Waals surface area contributed by atoms with Gasteiger partial charge in [0, 0.05) is 5.56 Å². The summed E-state index contributed by atoms with van der Waals surface area (Å²) in [6, 6.07) is 5.82. The Labute approximate surface area is 111 Å². The van der Waals surface area contributed by atoms with Gasteiger partial charge in [-0.05, 0) is 12.1 Å². The summed E-state index contributed by atoms with van der Waals surface area (Å²) in [5.74, 6) is -1.36. The third-order valence-electron chi connectivity index (χ3n) is 1.63. The molecule has 3 nitrogen and oxygen atoms in total. The standard InChI is InChI=1S/C9H5Br3O3/c10-9(11,12)7(13)5-2-1-3-6(4-5)8(14)15/h1-4H,(H,14,15). The van der Waals surface area contributed by atoms with E-state index in [0.29, 0.717) is 5.56 Å². The van der Waals surface area contributed by atoms with Crippen LogP contribution in [0.5, 0.6) is 0 Å². The van der Waals surface area contributed by atoms with Gasteiger partial charge in [-0.2, -0.15) is 0 Å². The number of benzene rings is 1. The first-order valence-corrected chi connectivity index (χ1v) is 6.15. The van der Waals surface area contributed by atoms with Crippen LogP contribution in [0.3, 0.4) is 0 Å². The summed E-state index contributed by atoms with van der Waals surface area (Å²) in [4.78, 5) is 22.4. The van der Waals surface area contributed by atoms with E-state index in [9.17, 15) is 9.59 Å². The Kier molecular flexibility index (Phi) is 4.08. The summed E-state index contributed by atoms with van der Waals surface area (Å²) in [7, 11) is 0. The topological polar surface area (TPSA) is 54.4 Å². The van der Waals surface area contributed by atoms with E-state index in [1.54, 1.807) is 6.07 Å². The van der Waals surface area contributed by atoms with Gasteiger partial charge < -0.3 is 5.11 Å². The summed E-state index contributed by atoms with van der Waals surface area (Å²) < 4.78 is -1.05. The Bertz CT molecular complexity index is 409. The summed E-state index contributed by atoms with van der Waals surface area (Å²) in [5, 5.41) is 8.75. The van der Waals surface area contributed by atoms with E-state index in [0.717, 1.165) is 0 Å². The number of halogens is 3. The van der Waals surface area contributed by atoms with Gasteiger partial charge in [-0.25, -0.2) is 4.79 Å². The van der Waals surface area contributed by atoms with E-state index in [1.807, 2.05) is 0 Å². The van der Waals surface area contributed by atoms with Crippen LogP contribution in [-0.2, 0) is 0 Å². The van der Waals surface area contributed by atoms with Gasteiger partial charge in [0.05, 0.1) is 5.56 Å². The number of hydrogen-bond acceptors (Lipinski definition) is 2. The van der Waals surface area contributed by atoms with Crippen molar-refractivity contribution in [3.8, 4) is 0 Å². The van der Waals surface area contributed by atoms with Gasteiger partial charge in [0.2, 0.25) is 5.78 Å². The van der Waals surface area contributed by atoms with Crippen LogP contribution in [0.1, 0.15) is 20.7 Å². The van der Waals surface area contributed by atoms with E-state index >= 15 is 0 Å². The van der Waals surface area contributed by atoms with Crippen LogP contribution in [0, 0.1) is 0 Å². The van der Waals surface area contributed by atoms with Gasteiger partial charge in [0.15, 0.2) is 2.14 Å². The highest BCUT2D eigenvalue weighted by atomic mass is 80.0. The molecule has 0 atom stereocenters. The SMILES string of the molecule is O=C(O)c1cccc(C(=O)C(Br)(Br)Br)c1. The summed E-state index contributed by atoms with van der Waals surface area (Å²) in [6.45, 7) is 0. The van der Waals surface area contributed by atoms with E-state index in [-0.39, 0.29) is 11.3 Å². The molecule has 0 bridgehead atoms. The molecule has 0 saturated heterocycles. The lowest BCUT2D eigenvalue weighted by atomic mass is 10.1. The number of alkyl halides is 3. The lowest BCUT2D eigenvalue weighted by Crippen LogP contribution is -2.17. The normalized spacial score (nSPS) is 11.1. The van der Waals surface area contributed by atoms with Crippen molar-refractivity contribution in [1.82, 2.24) is 0 Å². The minimum absolute atomic E-state index is 0.0811. The van der Waals surface area contributed by atoms with Crippen LogP contribution in [-0.4, -0.2) is 19.0 Å². The molecule has 0 aliphatic rings. The quantitative estimate of drug-likeness (QED) is 0.611. The van der Waals surface area contributed by atoms with Crippen molar-refractivity contribution in [2.45, 2.75) is 2.14 Å². The lowest BCUT2D eigenvalue weighted by molar-refractivity contribution is 0.0697. The average molecular weight is 401 g/mol. The van der Waals surface area contributed by atoms with Crippen molar-refractivity contribution >= 4 is 59.5 Å². The molecule has 0 amide bonds. The molecule has 1 N–H and O–H groups in total. The zero-order chi connectivity index (χ0) is 11.6. The molecule has 0 spiro atoms. The minimum Gasteiger partial charge on any atom is -0.478 e. The maximum Gasteiger partial charge on any atom is 0.335 e. The first-order valence-electron chi connectivity index (χ1n) is 3.77. The molecule has 1 aromatic rings. The second-order valence-corrected chi connectivity index (χ2v) is 9.47. The molecule has 1 rings (SSSR count). The number of aromatic carboxylic acids is 1.